The smallest absolute Gasteiger partial charge is 0.435 e. The molecule has 0 spiro atoms. The number of carbonyl (C=O) groups excluding carboxylic acids is 2. The molecule has 2 aromatic heterocycles. The van der Waals surface area contributed by atoms with Gasteiger partial charge in [0.25, 0.3) is 5.91 Å². The number of amides is 2. The lowest BCUT2D eigenvalue weighted by molar-refractivity contribution is -0.141. The predicted octanol–water partition coefficient (Wildman–Crippen LogP) is 7.73. The molecule has 0 radical (unpaired) electrons. The van der Waals surface area contributed by atoms with E-state index < -0.39 is 56.7 Å². The molecule has 52 heavy (non-hydrogen) atoms. The Bertz CT molecular complexity index is 1960. The topological polar surface area (TPSA) is 142 Å². The van der Waals surface area contributed by atoms with Gasteiger partial charge in [0, 0.05) is 18.5 Å². The van der Waals surface area contributed by atoms with Gasteiger partial charge in [0.05, 0.1) is 51.3 Å². The van der Waals surface area contributed by atoms with Gasteiger partial charge in [-0.3, -0.25) is 15.2 Å². The minimum Gasteiger partial charge on any atom is -0.449 e. The molecule has 2 aromatic carbocycles. The van der Waals surface area contributed by atoms with Crippen molar-refractivity contribution in [2.24, 2.45) is 5.92 Å². The van der Waals surface area contributed by atoms with Crippen LogP contribution in [0.15, 0.2) is 73.1 Å². The number of rotatable bonds is 13. The maximum atomic E-state index is 15.6. The van der Waals surface area contributed by atoms with Gasteiger partial charge in [-0.05, 0) is 94.0 Å². The summed E-state index contributed by atoms with van der Waals surface area (Å²) in [4.78, 5) is 31.3. The molecule has 1 saturated carbocycles. The van der Waals surface area contributed by atoms with Gasteiger partial charge in [-0.15, -0.1) is 0 Å². The molecule has 2 amide bonds. The molecule has 16 heteroatoms. The normalized spacial score (nSPS) is 15.0. The molecule has 11 nitrogen and oxygen atoms in total. The summed E-state index contributed by atoms with van der Waals surface area (Å²) in [6.45, 7) is 7.02. The van der Waals surface area contributed by atoms with Gasteiger partial charge in [0.1, 0.15) is 11.5 Å². The summed E-state index contributed by atoms with van der Waals surface area (Å²) in [5.41, 5.74) is -2.36. The Morgan fingerprint density at radius 2 is 1.83 bits per heavy atom. The van der Waals surface area contributed by atoms with Gasteiger partial charge < -0.3 is 10.1 Å². The van der Waals surface area contributed by atoms with E-state index in [1.54, 1.807) is 25.4 Å². The number of benzene rings is 2. The van der Waals surface area contributed by atoms with Crippen LogP contribution in [0.3, 0.4) is 0 Å². The molecule has 2 heterocycles. The summed E-state index contributed by atoms with van der Waals surface area (Å²) < 4.78 is 79.5. The van der Waals surface area contributed by atoms with E-state index in [1.807, 2.05) is 26.8 Å². The molecule has 5 rings (SSSR count). The van der Waals surface area contributed by atoms with Gasteiger partial charge in [-0.2, -0.15) is 18.3 Å². The number of pyridine rings is 1. The molecule has 1 unspecified atom stereocenters. The minimum absolute atomic E-state index is 0.00737. The monoisotopic (exact) mass is 741 g/mol. The first kappa shape index (κ1) is 38.3. The molecule has 0 aliphatic heterocycles. The fourth-order valence-corrected chi connectivity index (χ4v) is 6.49. The van der Waals surface area contributed by atoms with E-state index in [0.717, 1.165) is 34.9 Å². The lowest BCUT2D eigenvalue weighted by Gasteiger charge is -2.38. The van der Waals surface area contributed by atoms with Crippen molar-refractivity contribution in [2.75, 3.05) is 16.8 Å². The number of nitrogens with zero attached hydrogens (tertiary/aromatic N) is 4. The van der Waals surface area contributed by atoms with Crippen molar-refractivity contribution in [3.05, 3.63) is 101 Å². The molecule has 0 saturated heterocycles. The molecule has 2 atom stereocenters. The number of carbonyl (C=O) groups is 2. The number of aromatic nitrogens is 3. The highest BCUT2D eigenvalue weighted by Gasteiger charge is 2.41. The first-order valence-corrected chi connectivity index (χ1v) is 17.7. The highest BCUT2D eigenvalue weighted by atomic mass is 32.2. The van der Waals surface area contributed by atoms with E-state index in [-0.39, 0.29) is 23.7 Å². The van der Waals surface area contributed by atoms with Gasteiger partial charge >= 0.3 is 12.3 Å². The third-order valence-electron chi connectivity index (χ3n) is 8.49. The fourth-order valence-electron chi connectivity index (χ4n) is 5.53. The van der Waals surface area contributed by atoms with Crippen molar-refractivity contribution in [2.45, 2.75) is 69.8 Å². The van der Waals surface area contributed by atoms with E-state index in [1.165, 1.54) is 36.4 Å². The Kier molecular flexibility index (Phi) is 11.3. The molecule has 1 fully saturated rings. The average molecular weight is 742 g/mol. The van der Waals surface area contributed by atoms with Crippen LogP contribution >= 0.6 is 0 Å². The quantitative estimate of drug-likeness (QED) is 0.0728. The van der Waals surface area contributed by atoms with Crippen molar-refractivity contribution in [3.8, 4) is 5.69 Å². The van der Waals surface area contributed by atoms with Crippen molar-refractivity contribution >= 4 is 40.7 Å². The number of hydrogen-bond acceptors (Lipinski definition) is 7. The second kappa shape index (κ2) is 15.3. The molecular formula is C36H39F4N7O4S. The Labute approximate surface area is 300 Å². The SMILES string of the molecule is CCOC(=O)N(C=N)c1cccc(-n2nc(C(F)(F)F)cc2C(=O)Nc2cc(C(CCC3CC3)(N[S@](=O)C(C)(C)C)c3cccnc3)ccc2F)c1. The van der Waals surface area contributed by atoms with E-state index in [4.69, 9.17) is 10.1 Å². The third kappa shape index (κ3) is 8.56. The lowest BCUT2D eigenvalue weighted by atomic mass is 9.80. The molecule has 4 aromatic rings. The highest BCUT2D eigenvalue weighted by Crippen LogP contribution is 2.42. The molecule has 1 aliphatic carbocycles. The molecule has 3 N–H and O–H groups in total. The third-order valence-corrected chi connectivity index (χ3v) is 10.1. The standard InChI is InChI=1S/C36H39F4N7O4S/c1-5-51-33(49)46(22-41)26-9-6-10-27(19-26)47-30(20-31(44-47)36(38,39)40)32(48)43-29-18-24(13-14-28(29)37)35(16-15-23-11-12-23,25-8-7-17-42-21-25)45-52(50)34(2,3)4/h6-10,13-14,17-23,41,45H,5,11-12,15-16H2,1-4H3,(H,43,48)/t35?,52-/m1/s1. The summed E-state index contributed by atoms with van der Waals surface area (Å²) in [5, 5.41) is 13.7. The van der Waals surface area contributed by atoms with Crippen LogP contribution in [0.2, 0.25) is 0 Å². The average Bonchev–Trinajstić information content (AvgIpc) is 3.81. The first-order valence-electron chi connectivity index (χ1n) is 16.5. The summed E-state index contributed by atoms with van der Waals surface area (Å²) in [6.07, 6.45) is 1.37. The van der Waals surface area contributed by atoms with Crippen molar-refractivity contribution in [1.29, 1.82) is 5.41 Å². The summed E-state index contributed by atoms with van der Waals surface area (Å²) in [5.74, 6) is -1.52. The zero-order chi connectivity index (χ0) is 37.8. The van der Waals surface area contributed by atoms with Crippen LogP contribution in [0.5, 0.6) is 0 Å². The number of anilines is 2. The zero-order valence-electron chi connectivity index (χ0n) is 29.0. The zero-order valence-corrected chi connectivity index (χ0v) is 29.8. The first-order chi connectivity index (χ1) is 24.6. The number of halogens is 4. The molecule has 276 valence electrons. The predicted molar refractivity (Wildman–Crippen MR) is 189 cm³/mol. The van der Waals surface area contributed by atoms with Crippen LogP contribution < -0.4 is 14.9 Å². The second-order valence-electron chi connectivity index (χ2n) is 13.3. The van der Waals surface area contributed by atoms with Gasteiger partial charge in [0.15, 0.2) is 5.69 Å². The van der Waals surface area contributed by atoms with E-state index in [2.05, 4.69) is 20.1 Å². The maximum absolute atomic E-state index is 15.6. The van der Waals surface area contributed by atoms with Gasteiger partial charge in [-0.25, -0.2) is 27.7 Å². The Morgan fingerprint density at radius 1 is 1.08 bits per heavy atom. The number of hydrogen-bond donors (Lipinski definition) is 3. The lowest BCUT2D eigenvalue weighted by Crippen LogP contribution is -2.49. The second-order valence-corrected chi connectivity index (χ2v) is 15.3. The van der Waals surface area contributed by atoms with Crippen LogP contribution in [0.1, 0.15) is 80.7 Å². The Morgan fingerprint density at radius 3 is 2.44 bits per heavy atom. The van der Waals surface area contributed by atoms with Crippen LogP contribution in [-0.2, 0) is 27.4 Å². The van der Waals surface area contributed by atoms with Crippen LogP contribution in [0.25, 0.3) is 5.69 Å². The Hall–Kier alpha value is -4.96. The summed E-state index contributed by atoms with van der Waals surface area (Å²) >= 11 is 0. The molecular weight excluding hydrogens is 702 g/mol. The van der Waals surface area contributed by atoms with Gasteiger partial charge in [0.2, 0.25) is 0 Å². The maximum Gasteiger partial charge on any atom is 0.435 e. The highest BCUT2D eigenvalue weighted by molar-refractivity contribution is 7.84. The fraction of sp³-hybridized carbons (Fsp3) is 0.361. The van der Waals surface area contributed by atoms with Crippen molar-refractivity contribution < 1.29 is 36.1 Å². The van der Waals surface area contributed by atoms with Crippen molar-refractivity contribution in [1.82, 2.24) is 19.5 Å². The van der Waals surface area contributed by atoms with Gasteiger partial charge in [-0.1, -0.05) is 31.0 Å². The molecule has 0 bridgehead atoms. The number of nitrogens with one attached hydrogen (secondary N) is 3. The van der Waals surface area contributed by atoms with E-state index in [9.17, 15) is 27.0 Å². The van der Waals surface area contributed by atoms with E-state index in [0.29, 0.717) is 35.9 Å². The summed E-state index contributed by atoms with van der Waals surface area (Å²) in [7, 11) is -1.62. The van der Waals surface area contributed by atoms with Crippen LogP contribution in [0, 0.1) is 17.1 Å². The largest absolute Gasteiger partial charge is 0.449 e. The van der Waals surface area contributed by atoms with Crippen LogP contribution in [-0.4, -0.2) is 48.7 Å². The van der Waals surface area contributed by atoms with Crippen LogP contribution in [0.4, 0.5) is 33.7 Å². The number of ether oxygens (including phenoxy) is 1. The van der Waals surface area contributed by atoms with Crippen molar-refractivity contribution in [3.63, 3.8) is 0 Å². The number of alkyl halides is 3. The minimum atomic E-state index is -4.95. The van der Waals surface area contributed by atoms with E-state index >= 15 is 4.39 Å². The Balaban J connectivity index is 1.58. The molecule has 1 aliphatic rings. The summed E-state index contributed by atoms with van der Waals surface area (Å²) in [6, 6.07) is 13.5.